The number of hydrogen-bond donors (Lipinski definition) is 2. The number of H-pyrrole nitrogens is 1. The maximum atomic E-state index is 12.6. The van der Waals surface area contributed by atoms with Gasteiger partial charge in [0, 0.05) is 11.9 Å². The minimum Gasteiger partial charge on any atom is -0.382 e. The lowest BCUT2D eigenvalue weighted by atomic mass is 10.1. The SMILES string of the molecule is CCN(CC)Cc1ccc(Cn2c(=O)[nH]c3c(N)nc4ccccc4c32)cc1. The number of nitrogens with zero attached hydrogens (tertiary/aromatic N) is 3. The van der Waals surface area contributed by atoms with E-state index in [1.165, 1.54) is 5.56 Å². The number of aromatic nitrogens is 3. The van der Waals surface area contributed by atoms with Crippen molar-refractivity contribution in [1.82, 2.24) is 19.4 Å². The minimum absolute atomic E-state index is 0.174. The number of imidazole rings is 1. The van der Waals surface area contributed by atoms with E-state index in [4.69, 9.17) is 5.73 Å². The van der Waals surface area contributed by atoms with Crippen LogP contribution in [-0.2, 0) is 13.1 Å². The molecular weight excluding hydrogens is 350 g/mol. The zero-order chi connectivity index (χ0) is 19.7. The highest BCUT2D eigenvalue weighted by Crippen LogP contribution is 2.26. The van der Waals surface area contributed by atoms with E-state index in [0.717, 1.165) is 41.6 Å². The van der Waals surface area contributed by atoms with Crippen LogP contribution < -0.4 is 11.4 Å². The molecule has 0 saturated heterocycles. The lowest BCUT2D eigenvalue weighted by Gasteiger charge is -2.18. The van der Waals surface area contributed by atoms with Crippen molar-refractivity contribution in [1.29, 1.82) is 0 Å². The Balaban J connectivity index is 1.72. The number of fused-ring (bicyclic) bond motifs is 3. The molecule has 3 N–H and O–H groups in total. The molecule has 0 unspecified atom stereocenters. The van der Waals surface area contributed by atoms with Crippen LogP contribution in [0.3, 0.4) is 0 Å². The highest BCUT2D eigenvalue weighted by molar-refractivity contribution is 6.06. The quantitative estimate of drug-likeness (QED) is 0.542. The number of nitrogens with two attached hydrogens (primary N) is 1. The highest BCUT2D eigenvalue weighted by atomic mass is 16.1. The van der Waals surface area contributed by atoms with Crippen LogP contribution in [0.15, 0.2) is 53.3 Å². The van der Waals surface area contributed by atoms with Gasteiger partial charge in [0.05, 0.1) is 17.6 Å². The van der Waals surface area contributed by atoms with Crippen LogP contribution in [0, 0.1) is 0 Å². The summed E-state index contributed by atoms with van der Waals surface area (Å²) in [5.41, 5.74) is 10.5. The third-order valence-corrected chi connectivity index (χ3v) is 5.30. The number of pyridine rings is 1. The predicted octanol–water partition coefficient (Wildman–Crippen LogP) is 3.35. The number of para-hydroxylation sites is 1. The number of benzene rings is 2. The van der Waals surface area contributed by atoms with Crippen molar-refractivity contribution in [2.45, 2.75) is 26.9 Å². The molecule has 28 heavy (non-hydrogen) atoms. The molecule has 2 aromatic heterocycles. The van der Waals surface area contributed by atoms with Gasteiger partial charge in [-0.15, -0.1) is 0 Å². The van der Waals surface area contributed by atoms with E-state index in [1.54, 1.807) is 4.57 Å². The smallest absolute Gasteiger partial charge is 0.326 e. The molecule has 0 fully saturated rings. The van der Waals surface area contributed by atoms with Gasteiger partial charge in [-0.2, -0.15) is 0 Å². The summed E-state index contributed by atoms with van der Waals surface area (Å²) in [5.74, 6) is 0.346. The van der Waals surface area contributed by atoms with Crippen molar-refractivity contribution in [2.75, 3.05) is 18.8 Å². The van der Waals surface area contributed by atoms with Gasteiger partial charge in [0.1, 0.15) is 11.3 Å². The van der Waals surface area contributed by atoms with Crippen LogP contribution in [0.4, 0.5) is 5.82 Å². The maximum Gasteiger partial charge on any atom is 0.326 e. The highest BCUT2D eigenvalue weighted by Gasteiger charge is 2.14. The minimum atomic E-state index is -0.174. The molecule has 0 radical (unpaired) electrons. The summed E-state index contributed by atoms with van der Waals surface area (Å²) in [7, 11) is 0. The molecule has 0 aliphatic rings. The molecule has 0 atom stereocenters. The van der Waals surface area contributed by atoms with Gasteiger partial charge >= 0.3 is 5.69 Å². The second-order valence-electron chi connectivity index (χ2n) is 7.03. The Morgan fingerprint density at radius 3 is 2.43 bits per heavy atom. The molecule has 2 aromatic carbocycles. The number of rotatable bonds is 6. The fourth-order valence-electron chi connectivity index (χ4n) is 3.68. The largest absolute Gasteiger partial charge is 0.382 e. The van der Waals surface area contributed by atoms with Crippen molar-refractivity contribution >= 4 is 27.8 Å². The van der Waals surface area contributed by atoms with Crippen LogP contribution in [0.25, 0.3) is 21.9 Å². The Morgan fingerprint density at radius 1 is 1.04 bits per heavy atom. The van der Waals surface area contributed by atoms with Gasteiger partial charge in [0.2, 0.25) is 0 Å². The number of nitrogens with one attached hydrogen (secondary N) is 1. The number of hydrogen-bond acceptors (Lipinski definition) is 4. The average molecular weight is 375 g/mol. The molecule has 0 aliphatic carbocycles. The first-order chi connectivity index (χ1) is 13.6. The topological polar surface area (TPSA) is 79.9 Å². The zero-order valence-corrected chi connectivity index (χ0v) is 16.3. The van der Waals surface area contributed by atoms with Gasteiger partial charge in [0.25, 0.3) is 0 Å². The normalized spacial score (nSPS) is 11.7. The summed E-state index contributed by atoms with van der Waals surface area (Å²) in [6.45, 7) is 7.83. The van der Waals surface area contributed by atoms with Crippen LogP contribution in [-0.4, -0.2) is 32.5 Å². The molecule has 6 heteroatoms. The number of anilines is 1. The van der Waals surface area contributed by atoms with E-state index < -0.39 is 0 Å². The fraction of sp³-hybridized carbons (Fsp3) is 0.273. The second-order valence-corrected chi connectivity index (χ2v) is 7.03. The summed E-state index contributed by atoms with van der Waals surface area (Å²) < 4.78 is 1.75. The van der Waals surface area contributed by atoms with Crippen molar-refractivity contribution in [3.63, 3.8) is 0 Å². The summed E-state index contributed by atoms with van der Waals surface area (Å²) in [4.78, 5) is 22.3. The number of aromatic amines is 1. The summed E-state index contributed by atoms with van der Waals surface area (Å²) >= 11 is 0. The van der Waals surface area contributed by atoms with Crippen LogP contribution >= 0.6 is 0 Å². The third kappa shape index (κ3) is 3.27. The maximum absolute atomic E-state index is 12.6. The van der Waals surface area contributed by atoms with Gasteiger partial charge in [-0.3, -0.25) is 9.47 Å². The first kappa shape index (κ1) is 18.3. The van der Waals surface area contributed by atoms with Gasteiger partial charge in [0.15, 0.2) is 0 Å². The van der Waals surface area contributed by atoms with E-state index >= 15 is 0 Å². The Hall–Kier alpha value is -3.12. The predicted molar refractivity (Wildman–Crippen MR) is 114 cm³/mol. The molecule has 0 amide bonds. The monoisotopic (exact) mass is 375 g/mol. The molecule has 0 saturated carbocycles. The fourth-order valence-corrected chi connectivity index (χ4v) is 3.68. The molecule has 144 valence electrons. The molecular formula is C22H25N5O. The molecule has 4 rings (SSSR count). The lowest BCUT2D eigenvalue weighted by Crippen LogP contribution is -2.22. The van der Waals surface area contributed by atoms with Crippen molar-refractivity contribution in [3.8, 4) is 0 Å². The first-order valence-electron chi connectivity index (χ1n) is 9.67. The van der Waals surface area contributed by atoms with Crippen LogP contribution in [0.5, 0.6) is 0 Å². The summed E-state index contributed by atoms with van der Waals surface area (Å²) in [5, 5.41) is 0.920. The van der Waals surface area contributed by atoms with Crippen molar-refractivity contribution < 1.29 is 0 Å². The molecule has 2 heterocycles. The molecule has 0 aliphatic heterocycles. The van der Waals surface area contributed by atoms with Gasteiger partial charge in [-0.1, -0.05) is 56.3 Å². The molecule has 0 bridgehead atoms. The van der Waals surface area contributed by atoms with Crippen LogP contribution in [0.2, 0.25) is 0 Å². The number of nitrogen functional groups attached to an aromatic ring is 1. The Labute approximate surface area is 163 Å². The summed E-state index contributed by atoms with van der Waals surface area (Å²) in [6.07, 6.45) is 0. The van der Waals surface area contributed by atoms with E-state index in [9.17, 15) is 4.79 Å². The average Bonchev–Trinajstić information content (AvgIpc) is 3.04. The van der Waals surface area contributed by atoms with E-state index in [0.29, 0.717) is 17.9 Å². The zero-order valence-electron chi connectivity index (χ0n) is 16.3. The first-order valence-corrected chi connectivity index (χ1v) is 9.67. The van der Waals surface area contributed by atoms with Crippen LogP contribution in [0.1, 0.15) is 25.0 Å². The Morgan fingerprint density at radius 2 is 1.71 bits per heavy atom. The third-order valence-electron chi connectivity index (χ3n) is 5.30. The van der Waals surface area contributed by atoms with Gasteiger partial charge in [-0.25, -0.2) is 9.78 Å². The lowest BCUT2D eigenvalue weighted by molar-refractivity contribution is 0.296. The van der Waals surface area contributed by atoms with Gasteiger partial charge in [-0.05, 0) is 30.3 Å². The van der Waals surface area contributed by atoms with Crippen molar-refractivity contribution in [2.24, 2.45) is 0 Å². The molecule has 4 aromatic rings. The van der Waals surface area contributed by atoms with E-state index in [-0.39, 0.29) is 5.69 Å². The summed E-state index contributed by atoms with van der Waals surface area (Å²) in [6, 6.07) is 16.2. The standard InChI is InChI=1S/C22H25N5O/c1-3-26(4-2)13-15-9-11-16(12-10-15)14-27-20-17-7-5-6-8-18(17)24-21(23)19(20)25-22(27)28/h5-12H,3-4,13-14H2,1-2H3,(H2,23,24)(H,25,28). The van der Waals surface area contributed by atoms with E-state index in [1.807, 2.05) is 24.3 Å². The molecule has 6 nitrogen and oxygen atoms in total. The Bertz CT molecular complexity index is 1170. The van der Waals surface area contributed by atoms with E-state index in [2.05, 4.69) is 53.0 Å². The second kappa shape index (κ2) is 7.48. The Kier molecular flexibility index (Phi) is 4.88. The van der Waals surface area contributed by atoms with Crippen molar-refractivity contribution in [3.05, 3.63) is 70.1 Å². The van der Waals surface area contributed by atoms with Gasteiger partial charge < -0.3 is 10.7 Å². The molecule has 0 spiro atoms.